The van der Waals surface area contributed by atoms with E-state index >= 15 is 0 Å². The number of fused-ring (bicyclic) bond motifs is 1. The molecule has 24 heavy (non-hydrogen) atoms. The molecule has 0 bridgehead atoms. The molecule has 1 amide bonds. The molecule has 3 rings (SSSR count). The monoisotopic (exact) mass is 353 g/mol. The van der Waals surface area contributed by atoms with Crippen molar-refractivity contribution in [2.75, 3.05) is 13.1 Å². The number of hydrogen-bond donors (Lipinski definition) is 3. The highest BCUT2D eigenvalue weighted by molar-refractivity contribution is 8.03. The fourth-order valence-corrected chi connectivity index (χ4v) is 5.38. The van der Waals surface area contributed by atoms with E-state index in [9.17, 15) is 19.8 Å². The first kappa shape index (κ1) is 17.3. The zero-order valence-electron chi connectivity index (χ0n) is 13.9. The first-order valence-corrected chi connectivity index (χ1v) is 9.13. The molecule has 2 saturated heterocycles. The number of carbonyl (C=O) groups excluding carboxylic acids is 1. The van der Waals surface area contributed by atoms with Gasteiger partial charge in [-0.25, -0.2) is 4.79 Å². The van der Waals surface area contributed by atoms with E-state index in [2.05, 4.69) is 0 Å². The molecule has 0 aliphatic carbocycles. The summed E-state index contributed by atoms with van der Waals surface area (Å²) in [4.78, 5) is 28.0. The lowest BCUT2D eigenvalue weighted by atomic mass is 9.83. The summed E-state index contributed by atoms with van der Waals surface area (Å²) in [6.07, 6.45) is 1.70. The van der Waals surface area contributed by atoms with Crippen LogP contribution in [0.1, 0.15) is 33.1 Å². The Bertz CT molecular complexity index is 618. The largest absolute Gasteiger partial charge is 0.477 e. The molecular weight excluding hydrogens is 330 g/mol. The number of thioether (sulfide) groups is 1. The number of aliphatic carboxylic acids is 1. The third kappa shape index (κ3) is 2.82. The van der Waals surface area contributed by atoms with Crippen LogP contribution in [0.15, 0.2) is 10.6 Å². The number of aliphatic hydroxyl groups is 1. The first-order valence-electron chi connectivity index (χ1n) is 8.25. The number of nitrogens with zero attached hydrogens (tertiary/aromatic N) is 2. The van der Waals surface area contributed by atoms with Gasteiger partial charge in [0.15, 0.2) is 0 Å². The van der Waals surface area contributed by atoms with Gasteiger partial charge in [0.05, 0.1) is 23.9 Å². The van der Waals surface area contributed by atoms with Crippen molar-refractivity contribution in [3.05, 3.63) is 10.6 Å². The molecule has 3 aliphatic heterocycles. The van der Waals surface area contributed by atoms with Gasteiger partial charge in [0.25, 0.3) is 0 Å². The lowest BCUT2D eigenvalue weighted by molar-refractivity contribution is -0.161. The number of β-lactam (4-membered cyclic amide) rings is 1. The zero-order valence-corrected chi connectivity index (χ0v) is 14.7. The second-order valence-corrected chi connectivity index (χ2v) is 8.13. The molecule has 3 heterocycles. The number of aliphatic hydroxyl groups excluding tert-OH is 1. The maximum absolute atomic E-state index is 12.2. The molecule has 0 saturated carbocycles. The summed E-state index contributed by atoms with van der Waals surface area (Å²) in [5, 5.41) is 27.3. The molecule has 3 unspecified atom stereocenters. The summed E-state index contributed by atoms with van der Waals surface area (Å²) in [7, 11) is 0. The van der Waals surface area contributed by atoms with Crippen molar-refractivity contribution in [3.8, 4) is 0 Å². The normalized spacial score (nSPS) is 31.0. The third-order valence-electron chi connectivity index (χ3n) is 5.05. The summed E-state index contributed by atoms with van der Waals surface area (Å²) in [6, 6.07) is -0.227. The Morgan fingerprint density at radius 3 is 2.75 bits per heavy atom. The van der Waals surface area contributed by atoms with Crippen molar-refractivity contribution in [2.24, 2.45) is 5.92 Å². The highest BCUT2D eigenvalue weighted by atomic mass is 32.2. The first-order chi connectivity index (χ1) is 11.3. The standard InChI is InChI=1S/C16H23N3O4S/c1-8(20)13-11-6-12(14(16(22)23)19(11)15(13)21)24-10-4-3-5-18(7-10)9(2)17/h8,10-11,13,17,20H,3-7H2,1-2H3,(H,22,23)/t8?,10?,11-,13?/m1/s1. The van der Waals surface area contributed by atoms with Gasteiger partial charge in [-0.1, -0.05) is 0 Å². The molecule has 0 aromatic heterocycles. The minimum Gasteiger partial charge on any atom is -0.477 e. The topological polar surface area (TPSA) is 105 Å². The number of piperidine rings is 1. The number of likely N-dealkylation sites (tertiary alicyclic amines) is 1. The van der Waals surface area contributed by atoms with Crippen LogP contribution in [-0.2, 0) is 9.59 Å². The molecule has 0 spiro atoms. The average molecular weight is 353 g/mol. The summed E-state index contributed by atoms with van der Waals surface area (Å²) in [6.45, 7) is 4.95. The van der Waals surface area contributed by atoms with Crippen LogP contribution in [0.5, 0.6) is 0 Å². The third-order valence-corrected chi connectivity index (χ3v) is 6.41. The molecular formula is C16H23N3O4S. The molecule has 8 heteroatoms. The Morgan fingerprint density at radius 2 is 2.17 bits per heavy atom. The highest BCUT2D eigenvalue weighted by Gasteiger charge is 2.56. The van der Waals surface area contributed by atoms with E-state index in [1.807, 2.05) is 4.90 Å². The van der Waals surface area contributed by atoms with Crippen molar-refractivity contribution in [2.45, 2.75) is 50.5 Å². The zero-order chi connectivity index (χ0) is 17.6. The second-order valence-electron chi connectivity index (χ2n) is 6.74. The number of hydrogen-bond acceptors (Lipinski definition) is 5. The highest BCUT2D eigenvalue weighted by Crippen LogP contribution is 2.48. The van der Waals surface area contributed by atoms with E-state index in [4.69, 9.17) is 5.41 Å². The predicted molar refractivity (Wildman–Crippen MR) is 90.7 cm³/mol. The van der Waals surface area contributed by atoms with Gasteiger partial charge in [-0.15, -0.1) is 11.8 Å². The summed E-state index contributed by atoms with van der Waals surface area (Å²) in [5.74, 6) is -1.33. The lowest BCUT2D eigenvalue weighted by Gasteiger charge is -2.44. The Labute approximate surface area is 145 Å². The molecule has 3 N–H and O–H groups in total. The number of carboxylic acids is 1. The number of amides is 1. The van der Waals surface area contributed by atoms with Crippen molar-refractivity contribution in [3.63, 3.8) is 0 Å². The predicted octanol–water partition coefficient (Wildman–Crippen LogP) is 1.09. The van der Waals surface area contributed by atoms with Crippen LogP contribution in [0, 0.1) is 11.3 Å². The van der Waals surface area contributed by atoms with E-state index in [0.717, 1.165) is 30.8 Å². The van der Waals surface area contributed by atoms with Crippen LogP contribution in [0.3, 0.4) is 0 Å². The van der Waals surface area contributed by atoms with Crippen LogP contribution in [0.4, 0.5) is 0 Å². The van der Waals surface area contributed by atoms with Crippen LogP contribution >= 0.6 is 11.8 Å². The quantitative estimate of drug-likeness (QED) is 0.397. The summed E-state index contributed by atoms with van der Waals surface area (Å²) in [5.41, 5.74) is 0.0931. The van der Waals surface area contributed by atoms with Crippen LogP contribution in [0.2, 0.25) is 0 Å². The van der Waals surface area contributed by atoms with E-state index in [1.165, 1.54) is 16.7 Å². The van der Waals surface area contributed by atoms with E-state index in [-0.39, 0.29) is 22.9 Å². The smallest absolute Gasteiger partial charge is 0.353 e. The van der Waals surface area contributed by atoms with Crippen LogP contribution in [-0.4, -0.2) is 68.2 Å². The Balaban J connectivity index is 1.76. The van der Waals surface area contributed by atoms with Gasteiger partial charge in [0, 0.05) is 29.7 Å². The lowest BCUT2D eigenvalue weighted by Crippen LogP contribution is -2.61. The summed E-state index contributed by atoms with van der Waals surface area (Å²) >= 11 is 1.53. The molecule has 2 fully saturated rings. The van der Waals surface area contributed by atoms with E-state index < -0.39 is 18.0 Å². The Morgan fingerprint density at radius 1 is 1.46 bits per heavy atom. The minimum atomic E-state index is -1.08. The number of nitrogens with one attached hydrogen (secondary N) is 1. The average Bonchev–Trinajstić information content (AvgIpc) is 2.81. The SMILES string of the molecule is CC(=N)N1CCCC(SC2=C(C(=O)O)N3C(=O)C(C(C)O)[C@H]3C2)C1. The summed E-state index contributed by atoms with van der Waals surface area (Å²) < 4.78 is 0. The van der Waals surface area contributed by atoms with Gasteiger partial charge >= 0.3 is 5.97 Å². The van der Waals surface area contributed by atoms with Crippen molar-refractivity contribution < 1.29 is 19.8 Å². The molecule has 132 valence electrons. The van der Waals surface area contributed by atoms with Crippen LogP contribution < -0.4 is 0 Å². The molecule has 0 aromatic rings. The molecule has 0 aromatic carbocycles. The molecule has 7 nitrogen and oxygen atoms in total. The fourth-order valence-electron chi connectivity index (χ4n) is 3.88. The number of carboxylic acid groups (broad SMARTS) is 1. The maximum Gasteiger partial charge on any atom is 0.353 e. The molecule has 0 radical (unpaired) electrons. The van der Waals surface area contributed by atoms with Gasteiger partial charge in [-0.3, -0.25) is 10.2 Å². The Kier molecular flexibility index (Phi) is 4.61. The van der Waals surface area contributed by atoms with Crippen molar-refractivity contribution in [1.82, 2.24) is 9.80 Å². The van der Waals surface area contributed by atoms with Gasteiger partial charge < -0.3 is 20.0 Å². The van der Waals surface area contributed by atoms with Gasteiger partial charge in [0.2, 0.25) is 5.91 Å². The number of rotatable bonds is 4. The fraction of sp³-hybridized carbons (Fsp3) is 0.688. The second kappa shape index (κ2) is 6.40. The molecule has 4 atom stereocenters. The van der Waals surface area contributed by atoms with Gasteiger partial charge in [-0.2, -0.15) is 0 Å². The van der Waals surface area contributed by atoms with E-state index in [0.29, 0.717) is 12.3 Å². The minimum absolute atomic E-state index is 0.0931. The van der Waals surface area contributed by atoms with E-state index in [1.54, 1.807) is 13.8 Å². The van der Waals surface area contributed by atoms with Crippen molar-refractivity contribution in [1.29, 1.82) is 5.41 Å². The van der Waals surface area contributed by atoms with Gasteiger partial charge in [-0.05, 0) is 26.7 Å². The number of amidine groups is 1. The molecule has 3 aliphatic rings. The van der Waals surface area contributed by atoms with Gasteiger partial charge in [0.1, 0.15) is 5.70 Å². The van der Waals surface area contributed by atoms with Crippen LogP contribution in [0.25, 0.3) is 0 Å². The maximum atomic E-state index is 12.2. The van der Waals surface area contributed by atoms with Crippen molar-refractivity contribution >= 4 is 29.5 Å². The number of carbonyl (C=O) groups is 2. The Hall–Kier alpha value is -1.54.